The Labute approximate surface area is 173 Å². The van der Waals surface area contributed by atoms with Gasteiger partial charge in [-0.15, -0.1) is 0 Å². The Morgan fingerprint density at radius 3 is 2.38 bits per heavy atom. The van der Waals surface area contributed by atoms with Crippen molar-refractivity contribution in [3.63, 3.8) is 0 Å². The minimum atomic E-state index is -0.368. The van der Waals surface area contributed by atoms with Crippen LogP contribution in [0.5, 0.6) is 5.75 Å². The molecule has 0 spiro atoms. The quantitative estimate of drug-likeness (QED) is 0.588. The summed E-state index contributed by atoms with van der Waals surface area (Å²) in [5.74, 6) is 0.106. The Balaban J connectivity index is 1.63. The summed E-state index contributed by atoms with van der Waals surface area (Å²) in [6.07, 6.45) is 1.43. The summed E-state index contributed by atoms with van der Waals surface area (Å²) >= 11 is 6.15. The zero-order valence-corrected chi connectivity index (χ0v) is 17.1. The standard InChI is InChI=1S/C22H21ClN2O4/c1-13-6-7-16(24-22(27)19-5-4-8-28-19)11-18(13)25-20(26)12-29-17-9-14(2)21(23)15(3)10-17/h4-11H,12H2,1-3H3,(H,24,27)(H,25,26). The minimum Gasteiger partial charge on any atom is -0.484 e. The molecule has 2 N–H and O–H groups in total. The predicted octanol–water partition coefficient (Wildman–Crippen LogP) is 5.13. The number of furan rings is 1. The average Bonchev–Trinajstić information content (AvgIpc) is 3.22. The number of hydrogen-bond donors (Lipinski definition) is 2. The van der Waals surface area contributed by atoms with E-state index in [1.54, 1.807) is 42.5 Å². The Bertz CT molecular complexity index is 1020. The Morgan fingerprint density at radius 1 is 1.00 bits per heavy atom. The number of aryl methyl sites for hydroxylation is 3. The van der Waals surface area contributed by atoms with Crippen molar-refractivity contribution >= 4 is 34.8 Å². The van der Waals surface area contributed by atoms with E-state index in [-0.39, 0.29) is 24.2 Å². The molecule has 0 atom stereocenters. The molecule has 0 aliphatic heterocycles. The second-order valence-electron chi connectivity index (χ2n) is 6.67. The molecule has 0 radical (unpaired) electrons. The van der Waals surface area contributed by atoms with Gasteiger partial charge in [-0.2, -0.15) is 0 Å². The van der Waals surface area contributed by atoms with Gasteiger partial charge in [0.25, 0.3) is 11.8 Å². The van der Waals surface area contributed by atoms with Crippen molar-refractivity contribution in [3.05, 3.63) is 76.2 Å². The van der Waals surface area contributed by atoms with Crippen LogP contribution in [0.3, 0.4) is 0 Å². The number of halogens is 1. The number of hydrogen-bond acceptors (Lipinski definition) is 4. The molecule has 2 aromatic carbocycles. The van der Waals surface area contributed by atoms with Crippen LogP contribution in [0.4, 0.5) is 11.4 Å². The first kappa shape index (κ1) is 20.5. The molecule has 0 unspecified atom stereocenters. The second kappa shape index (κ2) is 8.84. The van der Waals surface area contributed by atoms with Gasteiger partial charge in [0, 0.05) is 16.4 Å². The topological polar surface area (TPSA) is 80.6 Å². The lowest BCUT2D eigenvalue weighted by atomic mass is 10.1. The number of rotatable bonds is 6. The first-order chi connectivity index (χ1) is 13.8. The van der Waals surface area contributed by atoms with Gasteiger partial charge in [0.2, 0.25) is 0 Å². The van der Waals surface area contributed by atoms with E-state index in [4.69, 9.17) is 20.8 Å². The van der Waals surface area contributed by atoms with Crippen LogP contribution in [0, 0.1) is 20.8 Å². The first-order valence-electron chi connectivity index (χ1n) is 8.98. The molecule has 3 rings (SSSR count). The number of ether oxygens (including phenoxy) is 1. The van der Waals surface area contributed by atoms with Crippen molar-refractivity contribution in [1.29, 1.82) is 0 Å². The smallest absolute Gasteiger partial charge is 0.291 e. The van der Waals surface area contributed by atoms with Gasteiger partial charge < -0.3 is 19.8 Å². The number of nitrogens with one attached hydrogen (secondary N) is 2. The van der Waals surface area contributed by atoms with Gasteiger partial charge in [-0.25, -0.2) is 0 Å². The van der Waals surface area contributed by atoms with Crippen LogP contribution in [0.25, 0.3) is 0 Å². The number of amides is 2. The monoisotopic (exact) mass is 412 g/mol. The molecule has 1 aromatic heterocycles. The summed E-state index contributed by atoms with van der Waals surface area (Å²) in [6.45, 7) is 5.48. The second-order valence-corrected chi connectivity index (χ2v) is 7.05. The third kappa shape index (κ3) is 5.18. The molecule has 0 saturated heterocycles. The summed E-state index contributed by atoms with van der Waals surface area (Å²) in [5.41, 5.74) is 3.75. The van der Waals surface area contributed by atoms with E-state index >= 15 is 0 Å². The number of carbonyl (C=O) groups excluding carboxylic acids is 2. The molecule has 0 aliphatic rings. The van der Waals surface area contributed by atoms with Crippen molar-refractivity contribution in [2.24, 2.45) is 0 Å². The molecule has 0 bridgehead atoms. The molecule has 7 heteroatoms. The molecular weight excluding hydrogens is 392 g/mol. The van der Waals surface area contributed by atoms with E-state index in [1.165, 1.54) is 6.26 Å². The fraction of sp³-hybridized carbons (Fsp3) is 0.182. The minimum absolute atomic E-state index is 0.150. The molecule has 29 heavy (non-hydrogen) atoms. The van der Waals surface area contributed by atoms with Gasteiger partial charge in [-0.3, -0.25) is 9.59 Å². The lowest BCUT2D eigenvalue weighted by molar-refractivity contribution is -0.118. The van der Waals surface area contributed by atoms with Crippen LogP contribution in [-0.2, 0) is 4.79 Å². The van der Waals surface area contributed by atoms with Crippen LogP contribution in [0.2, 0.25) is 5.02 Å². The summed E-state index contributed by atoms with van der Waals surface area (Å²) in [7, 11) is 0. The summed E-state index contributed by atoms with van der Waals surface area (Å²) in [6, 6.07) is 12.0. The van der Waals surface area contributed by atoms with E-state index in [2.05, 4.69) is 10.6 Å². The zero-order valence-electron chi connectivity index (χ0n) is 16.3. The SMILES string of the molecule is Cc1ccc(NC(=O)c2ccco2)cc1NC(=O)COc1cc(C)c(Cl)c(C)c1. The molecule has 3 aromatic rings. The van der Waals surface area contributed by atoms with E-state index in [1.807, 2.05) is 20.8 Å². The Kier molecular flexibility index (Phi) is 6.24. The maximum Gasteiger partial charge on any atom is 0.291 e. The maximum atomic E-state index is 12.3. The van der Waals surface area contributed by atoms with Crippen molar-refractivity contribution in [2.45, 2.75) is 20.8 Å². The van der Waals surface area contributed by atoms with Crippen LogP contribution in [0.1, 0.15) is 27.2 Å². The summed E-state index contributed by atoms with van der Waals surface area (Å²) in [5, 5.41) is 6.22. The molecule has 1 heterocycles. The van der Waals surface area contributed by atoms with Gasteiger partial charge in [0.15, 0.2) is 12.4 Å². The molecule has 150 valence electrons. The van der Waals surface area contributed by atoms with Crippen LogP contribution in [0.15, 0.2) is 53.1 Å². The lowest BCUT2D eigenvalue weighted by Gasteiger charge is -2.13. The predicted molar refractivity (Wildman–Crippen MR) is 113 cm³/mol. The Hall–Kier alpha value is -3.25. The van der Waals surface area contributed by atoms with Crippen molar-refractivity contribution in [1.82, 2.24) is 0 Å². The molecule has 0 saturated carbocycles. The van der Waals surface area contributed by atoms with Crippen LogP contribution in [-0.4, -0.2) is 18.4 Å². The third-order valence-corrected chi connectivity index (χ3v) is 4.89. The highest BCUT2D eigenvalue weighted by Crippen LogP contribution is 2.26. The van der Waals surface area contributed by atoms with Gasteiger partial charge in [0.05, 0.1) is 6.26 Å². The van der Waals surface area contributed by atoms with E-state index in [0.29, 0.717) is 22.1 Å². The Morgan fingerprint density at radius 2 is 1.72 bits per heavy atom. The van der Waals surface area contributed by atoms with Gasteiger partial charge in [0.1, 0.15) is 5.75 Å². The largest absolute Gasteiger partial charge is 0.484 e. The van der Waals surface area contributed by atoms with Crippen molar-refractivity contribution < 1.29 is 18.7 Å². The summed E-state index contributed by atoms with van der Waals surface area (Å²) < 4.78 is 10.7. The van der Waals surface area contributed by atoms with Crippen molar-refractivity contribution in [3.8, 4) is 5.75 Å². The molecule has 0 fully saturated rings. The first-order valence-corrected chi connectivity index (χ1v) is 9.36. The summed E-state index contributed by atoms with van der Waals surface area (Å²) in [4.78, 5) is 24.4. The lowest BCUT2D eigenvalue weighted by Crippen LogP contribution is -2.21. The number of anilines is 2. The molecule has 0 aliphatic carbocycles. The highest BCUT2D eigenvalue weighted by molar-refractivity contribution is 6.32. The average molecular weight is 413 g/mol. The van der Waals surface area contributed by atoms with E-state index in [9.17, 15) is 9.59 Å². The van der Waals surface area contributed by atoms with Gasteiger partial charge in [-0.05, 0) is 73.9 Å². The molecule has 6 nitrogen and oxygen atoms in total. The fourth-order valence-electron chi connectivity index (χ4n) is 2.76. The van der Waals surface area contributed by atoms with Gasteiger partial charge in [-0.1, -0.05) is 17.7 Å². The third-order valence-electron chi connectivity index (χ3n) is 4.29. The zero-order chi connectivity index (χ0) is 21.0. The number of carbonyl (C=O) groups is 2. The van der Waals surface area contributed by atoms with Crippen molar-refractivity contribution in [2.75, 3.05) is 17.2 Å². The highest BCUT2D eigenvalue weighted by atomic mass is 35.5. The van der Waals surface area contributed by atoms with Crippen LogP contribution >= 0.6 is 11.6 Å². The molecular formula is C22H21ClN2O4. The highest BCUT2D eigenvalue weighted by Gasteiger charge is 2.12. The number of benzene rings is 2. The maximum absolute atomic E-state index is 12.3. The van der Waals surface area contributed by atoms with Gasteiger partial charge >= 0.3 is 0 Å². The van der Waals surface area contributed by atoms with E-state index in [0.717, 1.165) is 16.7 Å². The molecule has 2 amide bonds. The fourth-order valence-corrected chi connectivity index (χ4v) is 2.87. The van der Waals surface area contributed by atoms with E-state index < -0.39 is 0 Å². The van der Waals surface area contributed by atoms with Crippen LogP contribution < -0.4 is 15.4 Å². The normalized spacial score (nSPS) is 10.5.